The summed E-state index contributed by atoms with van der Waals surface area (Å²) in [5, 5.41) is 0. The molecule has 1 unspecified atom stereocenters. The SMILES string of the molecule is COc1cc(C(C)CON)ccc1F. The minimum atomic E-state index is -0.364. The normalized spacial score (nSPS) is 12.6. The number of rotatable bonds is 4. The molecular weight excluding hydrogens is 185 g/mol. The number of ether oxygens (including phenoxy) is 1. The van der Waals surface area contributed by atoms with Crippen molar-refractivity contribution in [3.05, 3.63) is 29.6 Å². The molecule has 0 spiro atoms. The number of nitrogens with two attached hydrogens (primary N) is 1. The van der Waals surface area contributed by atoms with Gasteiger partial charge in [-0.25, -0.2) is 10.3 Å². The van der Waals surface area contributed by atoms with E-state index in [4.69, 9.17) is 10.6 Å². The van der Waals surface area contributed by atoms with Gasteiger partial charge in [0.1, 0.15) is 0 Å². The van der Waals surface area contributed by atoms with Gasteiger partial charge in [0.2, 0.25) is 0 Å². The molecule has 0 radical (unpaired) electrons. The summed E-state index contributed by atoms with van der Waals surface area (Å²) in [5.41, 5.74) is 0.939. The van der Waals surface area contributed by atoms with Gasteiger partial charge in [0.05, 0.1) is 13.7 Å². The fourth-order valence-electron chi connectivity index (χ4n) is 1.22. The van der Waals surface area contributed by atoms with Crippen LogP contribution >= 0.6 is 0 Å². The molecule has 0 aliphatic carbocycles. The molecule has 1 aromatic carbocycles. The fraction of sp³-hybridized carbons (Fsp3) is 0.400. The smallest absolute Gasteiger partial charge is 0.165 e. The van der Waals surface area contributed by atoms with Gasteiger partial charge in [0, 0.05) is 5.92 Å². The average molecular weight is 199 g/mol. The summed E-state index contributed by atoms with van der Waals surface area (Å²) >= 11 is 0. The second-order valence-electron chi connectivity index (χ2n) is 3.13. The summed E-state index contributed by atoms with van der Waals surface area (Å²) < 4.78 is 17.9. The van der Waals surface area contributed by atoms with Crippen molar-refractivity contribution in [2.24, 2.45) is 5.90 Å². The van der Waals surface area contributed by atoms with E-state index < -0.39 is 0 Å². The maximum absolute atomic E-state index is 13.0. The molecule has 0 saturated heterocycles. The molecule has 78 valence electrons. The Hall–Kier alpha value is -1.13. The second kappa shape index (κ2) is 4.93. The predicted octanol–water partition coefficient (Wildman–Crippen LogP) is 1.83. The Balaban J connectivity index is 2.88. The van der Waals surface area contributed by atoms with E-state index in [-0.39, 0.29) is 17.5 Å². The number of halogens is 1. The molecule has 1 atom stereocenters. The molecule has 1 aromatic rings. The van der Waals surface area contributed by atoms with E-state index in [0.29, 0.717) is 6.61 Å². The van der Waals surface area contributed by atoms with Crippen LogP contribution in [0.5, 0.6) is 5.75 Å². The number of hydrogen-bond donors (Lipinski definition) is 1. The highest BCUT2D eigenvalue weighted by atomic mass is 19.1. The molecular formula is C10H14FNO2. The maximum Gasteiger partial charge on any atom is 0.165 e. The highest BCUT2D eigenvalue weighted by molar-refractivity contribution is 5.32. The average Bonchev–Trinajstić information content (AvgIpc) is 2.19. The first-order valence-electron chi connectivity index (χ1n) is 4.34. The third-order valence-electron chi connectivity index (χ3n) is 2.09. The molecule has 4 heteroatoms. The van der Waals surface area contributed by atoms with Crippen LogP contribution in [0.15, 0.2) is 18.2 Å². The van der Waals surface area contributed by atoms with Crippen molar-refractivity contribution in [2.75, 3.05) is 13.7 Å². The van der Waals surface area contributed by atoms with Crippen molar-refractivity contribution >= 4 is 0 Å². The quantitative estimate of drug-likeness (QED) is 0.752. The van der Waals surface area contributed by atoms with E-state index in [2.05, 4.69) is 4.84 Å². The minimum Gasteiger partial charge on any atom is -0.494 e. The Morgan fingerprint density at radius 2 is 2.21 bits per heavy atom. The molecule has 0 amide bonds. The van der Waals surface area contributed by atoms with Crippen LogP contribution in [-0.2, 0) is 4.84 Å². The van der Waals surface area contributed by atoms with Gasteiger partial charge in [-0.3, -0.25) is 0 Å². The fourth-order valence-corrected chi connectivity index (χ4v) is 1.22. The molecule has 0 heterocycles. The lowest BCUT2D eigenvalue weighted by atomic mass is 10.0. The van der Waals surface area contributed by atoms with Crippen LogP contribution in [0, 0.1) is 5.82 Å². The highest BCUT2D eigenvalue weighted by Crippen LogP contribution is 2.23. The molecule has 0 saturated carbocycles. The van der Waals surface area contributed by atoms with Crippen LogP contribution in [-0.4, -0.2) is 13.7 Å². The zero-order chi connectivity index (χ0) is 10.6. The van der Waals surface area contributed by atoms with E-state index in [1.165, 1.54) is 13.2 Å². The first-order valence-corrected chi connectivity index (χ1v) is 4.34. The predicted molar refractivity (Wildman–Crippen MR) is 51.5 cm³/mol. The van der Waals surface area contributed by atoms with Crippen LogP contribution in [0.2, 0.25) is 0 Å². The highest BCUT2D eigenvalue weighted by Gasteiger charge is 2.09. The first kappa shape index (κ1) is 10.9. The second-order valence-corrected chi connectivity index (χ2v) is 3.13. The first-order chi connectivity index (χ1) is 6.69. The van der Waals surface area contributed by atoms with Gasteiger partial charge < -0.3 is 9.57 Å². The monoisotopic (exact) mass is 199 g/mol. The van der Waals surface area contributed by atoms with E-state index in [9.17, 15) is 4.39 Å². The summed E-state index contributed by atoms with van der Waals surface area (Å²) in [4.78, 5) is 4.53. The zero-order valence-corrected chi connectivity index (χ0v) is 8.29. The molecule has 3 nitrogen and oxygen atoms in total. The lowest BCUT2D eigenvalue weighted by Gasteiger charge is -2.11. The Morgan fingerprint density at radius 1 is 1.50 bits per heavy atom. The number of hydrogen-bond acceptors (Lipinski definition) is 3. The summed E-state index contributed by atoms with van der Waals surface area (Å²) in [6, 6.07) is 4.72. The molecule has 0 aliphatic rings. The van der Waals surface area contributed by atoms with Crippen LogP contribution in [0.25, 0.3) is 0 Å². The van der Waals surface area contributed by atoms with Gasteiger partial charge in [0.15, 0.2) is 11.6 Å². The summed E-state index contributed by atoms with van der Waals surface area (Å²) in [6.07, 6.45) is 0. The van der Waals surface area contributed by atoms with Gasteiger partial charge in [-0.15, -0.1) is 0 Å². The van der Waals surface area contributed by atoms with Gasteiger partial charge in [-0.05, 0) is 17.7 Å². The van der Waals surface area contributed by atoms with Crippen molar-refractivity contribution in [1.29, 1.82) is 0 Å². The Labute approximate surface area is 82.6 Å². The molecule has 0 aliphatic heterocycles. The van der Waals surface area contributed by atoms with E-state index in [0.717, 1.165) is 5.56 Å². The molecule has 2 N–H and O–H groups in total. The molecule has 0 fully saturated rings. The Bertz CT molecular complexity index is 304. The van der Waals surface area contributed by atoms with Crippen molar-refractivity contribution in [3.8, 4) is 5.75 Å². The number of methoxy groups -OCH3 is 1. The van der Waals surface area contributed by atoms with Crippen molar-refractivity contribution in [3.63, 3.8) is 0 Å². The van der Waals surface area contributed by atoms with Crippen LogP contribution in [0.4, 0.5) is 4.39 Å². The molecule has 14 heavy (non-hydrogen) atoms. The van der Waals surface area contributed by atoms with Crippen LogP contribution in [0.3, 0.4) is 0 Å². The largest absolute Gasteiger partial charge is 0.494 e. The standard InChI is InChI=1S/C10H14FNO2/c1-7(6-14-12)8-3-4-9(11)10(5-8)13-2/h3-5,7H,6,12H2,1-2H3. The van der Waals surface area contributed by atoms with Gasteiger partial charge in [-0.1, -0.05) is 13.0 Å². The minimum absolute atomic E-state index is 0.120. The summed E-state index contributed by atoms with van der Waals surface area (Å²) in [7, 11) is 1.44. The third kappa shape index (κ3) is 2.43. The van der Waals surface area contributed by atoms with E-state index in [1.54, 1.807) is 12.1 Å². The topological polar surface area (TPSA) is 44.5 Å². The number of benzene rings is 1. The molecule has 1 rings (SSSR count). The van der Waals surface area contributed by atoms with E-state index >= 15 is 0 Å². The van der Waals surface area contributed by atoms with Crippen molar-refractivity contribution < 1.29 is 14.0 Å². The molecule has 0 aromatic heterocycles. The molecule has 0 bridgehead atoms. The lowest BCUT2D eigenvalue weighted by Crippen LogP contribution is -2.08. The summed E-state index contributed by atoms with van der Waals surface area (Å²) in [5.74, 6) is 4.96. The van der Waals surface area contributed by atoms with E-state index in [1.807, 2.05) is 6.92 Å². The van der Waals surface area contributed by atoms with Gasteiger partial charge in [0.25, 0.3) is 0 Å². The summed E-state index contributed by atoms with van der Waals surface area (Å²) in [6.45, 7) is 2.34. The lowest BCUT2D eigenvalue weighted by molar-refractivity contribution is 0.126. The van der Waals surface area contributed by atoms with Gasteiger partial charge >= 0.3 is 0 Å². The Morgan fingerprint density at radius 3 is 2.79 bits per heavy atom. The van der Waals surface area contributed by atoms with Crippen LogP contribution < -0.4 is 10.6 Å². The third-order valence-corrected chi connectivity index (χ3v) is 2.09. The zero-order valence-electron chi connectivity index (χ0n) is 8.29. The van der Waals surface area contributed by atoms with Crippen LogP contribution in [0.1, 0.15) is 18.4 Å². The van der Waals surface area contributed by atoms with Crippen molar-refractivity contribution in [1.82, 2.24) is 0 Å². The van der Waals surface area contributed by atoms with Gasteiger partial charge in [-0.2, -0.15) is 0 Å². The Kier molecular flexibility index (Phi) is 3.85. The van der Waals surface area contributed by atoms with Crippen molar-refractivity contribution in [2.45, 2.75) is 12.8 Å². The maximum atomic E-state index is 13.0.